The van der Waals surface area contributed by atoms with Crippen LogP contribution in [0, 0.1) is 5.92 Å². The predicted molar refractivity (Wildman–Crippen MR) is 100 cm³/mol. The van der Waals surface area contributed by atoms with Crippen molar-refractivity contribution in [2.75, 3.05) is 20.1 Å². The van der Waals surface area contributed by atoms with Crippen LogP contribution < -0.4 is 0 Å². The molecule has 1 atom stereocenters. The van der Waals surface area contributed by atoms with Crippen LogP contribution in [0.3, 0.4) is 0 Å². The Kier molecular flexibility index (Phi) is 5.04. The number of halogens is 3. The summed E-state index contributed by atoms with van der Waals surface area (Å²) in [5.74, 6) is 0.156. The Morgan fingerprint density at radius 3 is 2.64 bits per heavy atom. The largest absolute Gasteiger partial charge is 0.507 e. The number of rotatable bonds is 3. The molecule has 2 aromatic rings. The van der Waals surface area contributed by atoms with E-state index in [-0.39, 0.29) is 0 Å². The molecule has 1 fully saturated rings. The number of nitrogens with zero attached hydrogens (tertiary/aromatic N) is 3. The number of hydrogen-bond acceptors (Lipinski definition) is 4. The van der Waals surface area contributed by atoms with E-state index in [4.69, 9.17) is 0 Å². The fourth-order valence-corrected chi connectivity index (χ4v) is 4.56. The Morgan fingerprint density at radius 2 is 1.93 bits per heavy atom. The molecule has 4 nitrogen and oxygen atoms in total. The van der Waals surface area contributed by atoms with Crippen LogP contribution in [0.25, 0.3) is 11.3 Å². The van der Waals surface area contributed by atoms with Crippen LogP contribution in [-0.2, 0) is 25.4 Å². The maximum absolute atomic E-state index is 12.9. The van der Waals surface area contributed by atoms with Gasteiger partial charge in [-0.05, 0) is 87.4 Å². The minimum atomic E-state index is -4.49. The van der Waals surface area contributed by atoms with Crippen molar-refractivity contribution in [2.45, 2.75) is 44.7 Å². The highest BCUT2D eigenvalue weighted by molar-refractivity contribution is 5.71. The van der Waals surface area contributed by atoms with Crippen molar-refractivity contribution in [3.63, 3.8) is 0 Å². The molecule has 1 saturated heterocycles. The summed E-state index contributed by atoms with van der Waals surface area (Å²) < 4.78 is 38.6. The first-order valence-electron chi connectivity index (χ1n) is 9.79. The standard InChI is InChI=1S/C21H24F3N3O/c1-27-9-3-4-13(12-27)10-18-15-5-2-6-16(15)20(26-25-18)17-8-7-14(11-19(17)28)21(22,23)24/h7-8,11,13,28H,2-6,9-10,12H2,1H3. The molecule has 1 aromatic carbocycles. The fourth-order valence-electron chi connectivity index (χ4n) is 4.56. The first kappa shape index (κ1) is 19.2. The minimum Gasteiger partial charge on any atom is -0.507 e. The first-order valence-corrected chi connectivity index (χ1v) is 9.79. The van der Waals surface area contributed by atoms with Gasteiger partial charge in [-0.25, -0.2) is 0 Å². The average Bonchev–Trinajstić information content (AvgIpc) is 3.12. The average molecular weight is 391 g/mol. The van der Waals surface area contributed by atoms with Gasteiger partial charge in [0.25, 0.3) is 0 Å². The van der Waals surface area contributed by atoms with Crippen molar-refractivity contribution < 1.29 is 18.3 Å². The molecular formula is C21H24F3N3O. The third kappa shape index (κ3) is 3.72. The van der Waals surface area contributed by atoms with E-state index in [1.165, 1.54) is 24.5 Å². The first-order chi connectivity index (χ1) is 13.3. The van der Waals surface area contributed by atoms with Crippen LogP contribution in [0.4, 0.5) is 13.2 Å². The summed E-state index contributed by atoms with van der Waals surface area (Å²) in [5.41, 5.74) is 3.20. The van der Waals surface area contributed by atoms with E-state index in [1.807, 2.05) is 0 Å². The number of aromatic hydroxyl groups is 1. The van der Waals surface area contributed by atoms with Crippen LogP contribution in [0.15, 0.2) is 18.2 Å². The number of fused-ring (bicyclic) bond motifs is 1. The Balaban J connectivity index is 1.66. The number of phenolic OH excluding ortho intramolecular Hbond substituents is 1. The number of hydrogen-bond donors (Lipinski definition) is 1. The quantitative estimate of drug-likeness (QED) is 0.850. The highest BCUT2D eigenvalue weighted by Gasteiger charge is 2.32. The second-order valence-corrected chi connectivity index (χ2v) is 8.01. The maximum Gasteiger partial charge on any atom is 0.416 e. The summed E-state index contributed by atoms with van der Waals surface area (Å²) in [4.78, 5) is 2.34. The monoisotopic (exact) mass is 391 g/mol. The van der Waals surface area contributed by atoms with Crippen LogP contribution in [-0.4, -0.2) is 40.3 Å². The Labute approximate surface area is 162 Å². The van der Waals surface area contributed by atoms with Crippen molar-refractivity contribution in [1.29, 1.82) is 0 Å². The van der Waals surface area contributed by atoms with Gasteiger partial charge in [0.2, 0.25) is 0 Å². The summed E-state index contributed by atoms with van der Waals surface area (Å²) in [6.07, 6.45) is 1.49. The van der Waals surface area contributed by atoms with Crippen LogP contribution in [0.5, 0.6) is 5.75 Å². The van der Waals surface area contributed by atoms with Gasteiger partial charge in [0, 0.05) is 12.1 Å². The zero-order valence-electron chi connectivity index (χ0n) is 15.9. The maximum atomic E-state index is 12.9. The van der Waals surface area contributed by atoms with Gasteiger partial charge in [-0.1, -0.05) is 0 Å². The van der Waals surface area contributed by atoms with Gasteiger partial charge in [0.15, 0.2) is 0 Å². The lowest BCUT2D eigenvalue weighted by atomic mass is 9.91. The summed E-state index contributed by atoms with van der Waals surface area (Å²) >= 11 is 0. The number of phenols is 1. The molecule has 0 bridgehead atoms. The van der Waals surface area contributed by atoms with E-state index in [9.17, 15) is 18.3 Å². The molecule has 0 saturated carbocycles. The van der Waals surface area contributed by atoms with Crippen molar-refractivity contribution in [3.05, 3.63) is 40.6 Å². The molecule has 1 aromatic heterocycles. The van der Waals surface area contributed by atoms with E-state index in [0.717, 1.165) is 62.2 Å². The number of alkyl halides is 3. The minimum absolute atomic E-state index is 0.322. The fraction of sp³-hybridized carbons (Fsp3) is 0.524. The lowest BCUT2D eigenvalue weighted by Gasteiger charge is -2.29. The molecule has 4 rings (SSSR count). The van der Waals surface area contributed by atoms with Gasteiger partial charge in [0.05, 0.1) is 11.3 Å². The molecule has 1 aliphatic heterocycles. The lowest BCUT2D eigenvalue weighted by molar-refractivity contribution is -0.137. The van der Waals surface area contributed by atoms with E-state index in [0.29, 0.717) is 17.2 Å². The van der Waals surface area contributed by atoms with Crippen LogP contribution in [0.2, 0.25) is 0 Å². The van der Waals surface area contributed by atoms with E-state index >= 15 is 0 Å². The molecule has 2 aliphatic rings. The second-order valence-electron chi connectivity index (χ2n) is 8.01. The van der Waals surface area contributed by atoms with E-state index in [1.54, 1.807) is 0 Å². The van der Waals surface area contributed by atoms with Crippen molar-refractivity contribution in [2.24, 2.45) is 5.92 Å². The van der Waals surface area contributed by atoms with Gasteiger partial charge < -0.3 is 10.0 Å². The van der Waals surface area contributed by atoms with E-state index in [2.05, 4.69) is 22.1 Å². The highest BCUT2D eigenvalue weighted by Crippen LogP contribution is 2.39. The predicted octanol–water partition coefficient (Wildman–Crippen LogP) is 4.24. The van der Waals surface area contributed by atoms with Crippen molar-refractivity contribution in [1.82, 2.24) is 15.1 Å². The molecule has 0 amide bonds. The summed E-state index contributed by atoms with van der Waals surface area (Å²) in [6.45, 7) is 2.18. The molecule has 1 aliphatic carbocycles. The molecule has 7 heteroatoms. The van der Waals surface area contributed by atoms with Gasteiger partial charge in [-0.3, -0.25) is 0 Å². The second kappa shape index (κ2) is 7.35. The Hall–Kier alpha value is -2.15. The number of aromatic nitrogens is 2. The third-order valence-electron chi connectivity index (χ3n) is 5.91. The zero-order valence-corrected chi connectivity index (χ0v) is 15.9. The summed E-state index contributed by atoms with van der Waals surface area (Å²) in [5, 5.41) is 19.0. The molecule has 150 valence electrons. The molecule has 0 radical (unpaired) electrons. The van der Waals surface area contributed by atoms with Crippen LogP contribution in [0.1, 0.15) is 41.6 Å². The van der Waals surface area contributed by atoms with Crippen molar-refractivity contribution in [3.8, 4) is 17.0 Å². The smallest absolute Gasteiger partial charge is 0.416 e. The molecule has 0 spiro atoms. The summed E-state index contributed by atoms with van der Waals surface area (Å²) in [6, 6.07) is 3.06. The summed E-state index contributed by atoms with van der Waals surface area (Å²) in [7, 11) is 2.14. The van der Waals surface area contributed by atoms with Gasteiger partial charge in [-0.15, -0.1) is 5.10 Å². The normalized spacial score (nSPS) is 20.4. The molecule has 1 unspecified atom stereocenters. The van der Waals surface area contributed by atoms with Gasteiger partial charge in [0.1, 0.15) is 11.4 Å². The Bertz CT molecular complexity index is 882. The van der Waals surface area contributed by atoms with Gasteiger partial charge >= 0.3 is 6.18 Å². The number of benzene rings is 1. The lowest BCUT2D eigenvalue weighted by Crippen LogP contribution is -2.33. The van der Waals surface area contributed by atoms with Crippen LogP contribution >= 0.6 is 0 Å². The third-order valence-corrected chi connectivity index (χ3v) is 5.91. The molecule has 2 heterocycles. The molecular weight excluding hydrogens is 367 g/mol. The number of likely N-dealkylation sites (tertiary alicyclic amines) is 1. The number of piperidine rings is 1. The van der Waals surface area contributed by atoms with Gasteiger partial charge in [-0.2, -0.15) is 18.3 Å². The van der Waals surface area contributed by atoms with E-state index < -0.39 is 17.5 Å². The van der Waals surface area contributed by atoms with Crippen molar-refractivity contribution >= 4 is 0 Å². The SMILES string of the molecule is CN1CCCC(Cc2nnc(-c3ccc(C(F)(F)F)cc3O)c3c2CCC3)C1. The highest BCUT2D eigenvalue weighted by atomic mass is 19.4. The molecule has 1 N–H and O–H groups in total. The Morgan fingerprint density at radius 1 is 1.14 bits per heavy atom. The zero-order chi connectivity index (χ0) is 19.9. The molecule has 28 heavy (non-hydrogen) atoms. The topological polar surface area (TPSA) is 49.2 Å².